The average molecular weight is 524 g/mol. The Balaban J connectivity index is 1.48. The van der Waals surface area contributed by atoms with Gasteiger partial charge in [-0.25, -0.2) is 4.79 Å². The first kappa shape index (κ1) is 25.6. The number of carbonyl (C=O) groups is 4. The molecule has 1 heterocycles. The molecule has 0 unspecified atom stereocenters. The summed E-state index contributed by atoms with van der Waals surface area (Å²) in [4.78, 5) is 52.7. The summed E-state index contributed by atoms with van der Waals surface area (Å²) in [7, 11) is 0. The van der Waals surface area contributed by atoms with Crippen molar-refractivity contribution in [2.45, 2.75) is 26.3 Å². The monoisotopic (exact) mass is 523 g/mol. The van der Waals surface area contributed by atoms with Crippen LogP contribution in [0.25, 0.3) is 11.1 Å². The van der Waals surface area contributed by atoms with Crippen LogP contribution in [-0.2, 0) is 9.53 Å². The number of fused-ring (bicyclic) bond motifs is 1. The Hall–Kier alpha value is -3.48. The third-order valence-electron chi connectivity index (χ3n) is 5.90. The summed E-state index contributed by atoms with van der Waals surface area (Å²) in [6.07, 6.45) is 0.172. The van der Waals surface area contributed by atoms with Crippen molar-refractivity contribution < 1.29 is 23.9 Å². The highest BCUT2D eigenvalue weighted by Gasteiger charge is 2.44. The Bertz CT molecular complexity index is 1300. The first-order chi connectivity index (χ1) is 17.2. The summed E-state index contributed by atoms with van der Waals surface area (Å²) in [5, 5.41) is 0.260. The molecule has 0 aromatic heterocycles. The SMILES string of the molecule is CC(C)C[C@H](C(=O)OCC(=O)c1ccc(-c2ccccc2)cc1)N1C(=O)c2cc(Cl)c(Cl)cc2C1=O. The van der Waals surface area contributed by atoms with Gasteiger partial charge in [-0.05, 0) is 35.6 Å². The highest BCUT2D eigenvalue weighted by molar-refractivity contribution is 6.43. The lowest BCUT2D eigenvalue weighted by Crippen LogP contribution is -2.46. The standard InChI is InChI=1S/C28H23Cl2NO5/c1-16(2)12-24(31-26(33)20-13-22(29)23(30)14-21(20)27(31)34)28(35)36-15-25(32)19-10-8-18(9-11-19)17-6-4-3-5-7-17/h3-11,13-14,16,24H,12,15H2,1-2H3/t24-/m1/s1. The van der Waals surface area contributed by atoms with Crippen LogP contribution in [0.2, 0.25) is 10.0 Å². The van der Waals surface area contributed by atoms with Gasteiger partial charge in [0.1, 0.15) is 6.04 Å². The molecule has 0 saturated carbocycles. The van der Waals surface area contributed by atoms with Gasteiger partial charge in [-0.15, -0.1) is 0 Å². The number of benzene rings is 3. The number of rotatable bonds is 8. The number of hydrogen-bond donors (Lipinski definition) is 0. The predicted molar refractivity (Wildman–Crippen MR) is 137 cm³/mol. The van der Waals surface area contributed by atoms with Crippen molar-refractivity contribution in [1.82, 2.24) is 4.90 Å². The molecule has 0 aliphatic carbocycles. The zero-order chi connectivity index (χ0) is 26.0. The van der Waals surface area contributed by atoms with Crippen LogP contribution >= 0.6 is 23.2 Å². The Morgan fingerprint density at radius 1 is 0.833 bits per heavy atom. The van der Waals surface area contributed by atoms with Gasteiger partial charge in [0.2, 0.25) is 0 Å². The highest BCUT2D eigenvalue weighted by Crippen LogP contribution is 2.33. The number of hydrogen-bond acceptors (Lipinski definition) is 5. The number of halogens is 2. The van der Waals surface area contributed by atoms with Gasteiger partial charge in [-0.1, -0.05) is 91.6 Å². The van der Waals surface area contributed by atoms with Gasteiger partial charge < -0.3 is 4.74 Å². The number of esters is 1. The molecule has 0 radical (unpaired) electrons. The maximum atomic E-state index is 13.0. The van der Waals surface area contributed by atoms with E-state index in [1.165, 1.54) is 12.1 Å². The van der Waals surface area contributed by atoms with Gasteiger partial charge in [-0.2, -0.15) is 0 Å². The van der Waals surface area contributed by atoms with Gasteiger partial charge in [-0.3, -0.25) is 19.3 Å². The highest BCUT2D eigenvalue weighted by atomic mass is 35.5. The molecule has 1 aliphatic rings. The first-order valence-corrected chi connectivity index (χ1v) is 12.1. The molecule has 6 nitrogen and oxygen atoms in total. The molecular formula is C28H23Cl2NO5. The van der Waals surface area contributed by atoms with Crippen molar-refractivity contribution in [3.05, 3.63) is 93.5 Å². The molecule has 184 valence electrons. The van der Waals surface area contributed by atoms with Crippen molar-refractivity contribution in [2.75, 3.05) is 6.61 Å². The molecule has 1 aliphatic heterocycles. The summed E-state index contributed by atoms with van der Waals surface area (Å²) in [6.45, 7) is 3.19. The first-order valence-electron chi connectivity index (χ1n) is 11.4. The third kappa shape index (κ3) is 5.20. The van der Waals surface area contributed by atoms with Crippen molar-refractivity contribution in [1.29, 1.82) is 0 Å². The van der Waals surface area contributed by atoms with E-state index in [1.807, 2.05) is 56.3 Å². The minimum Gasteiger partial charge on any atom is -0.456 e. The summed E-state index contributed by atoms with van der Waals surface area (Å²) in [5.41, 5.74) is 2.50. The molecule has 2 amide bonds. The summed E-state index contributed by atoms with van der Waals surface area (Å²) in [6, 6.07) is 18.1. The normalized spacial score (nSPS) is 13.6. The molecule has 0 saturated heterocycles. The Morgan fingerprint density at radius 2 is 1.36 bits per heavy atom. The van der Waals surface area contributed by atoms with Crippen LogP contribution in [0.1, 0.15) is 51.3 Å². The van der Waals surface area contributed by atoms with E-state index in [0.717, 1.165) is 16.0 Å². The second-order valence-corrected chi connectivity index (χ2v) is 9.73. The number of ketones is 1. The molecule has 8 heteroatoms. The van der Waals surface area contributed by atoms with E-state index in [4.69, 9.17) is 27.9 Å². The molecule has 3 aromatic rings. The van der Waals surface area contributed by atoms with E-state index in [1.54, 1.807) is 12.1 Å². The van der Waals surface area contributed by atoms with E-state index in [-0.39, 0.29) is 33.5 Å². The smallest absolute Gasteiger partial charge is 0.329 e. The fourth-order valence-electron chi connectivity index (χ4n) is 4.08. The van der Waals surface area contributed by atoms with E-state index < -0.39 is 36.2 Å². The third-order valence-corrected chi connectivity index (χ3v) is 6.62. The Kier molecular flexibility index (Phi) is 7.57. The molecule has 0 spiro atoms. The van der Waals surface area contributed by atoms with Gasteiger partial charge in [0.15, 0.2) is 12.4 Å². The quantitative estimate of drug-likeness (QED) is 0.202. The minimum atomic E-state index is -1.19. The van der Waals surface area contributed by atoms with Crippen LogP contribution in [0.4, 0.5) is 0 Å². The van der Waals surface area contributed by atoms with Gasteiger partial charge in [0, 0.05) is 5.56 Å². The largest absolute Gasteiger partial charge is 0.456 e. The lowest BCUT2D eigenvalue weighted by Gasteiger charge is -2.25. The maximum absolute atomic E-state index is 13.0. The van der Waals surface area contributed by atoms with Crippen LogP contribution in [0.5, 0.6) is 0 Å². The minimum absolute atomic E-state index is 0.0414. The van der Waals surface area contributed by atoms with Gasteiger partial charge in [0.05, 0.1) is 21.2 Å². The number of amides is 2. The number of ether oxygens (including phenoxy) is 1. The van der Waals surface area contributed by atoms with Crippen LogP contribution in [0.3, 0.4) is 0 Å². The van der Waals surface area contributed by atoms with E-state index in [2.05, 4.69) is 0 Å². The molecule has 3 aromatic carbocycles. The number of carbonyl (C=O) groups excluding carboxylic acids is 4. The molecule has 0 N–H and O–H groups in total. The molecular weight excluding hydrogens is 501 g/mol. The topological polar surface area (TPSA) is 80.8 Å². The van der Waals surface area contributed by atoms with E-state index in [9.17, 15) is 19.2 Å². The Labute approximate surface area is 218 Å². The maximum Gasteiger partial charge on any atom is 0.329 e. The van der Waals surface area contributed by atoms with Crippen molar-refractivity contribution >= 4 is 46.8 Å². The van der Waals surface area contributed by atoms with Crippen LogP contribution in [-0.4, -0.2) is 41.1 Å². The lowest BCUT2D eigenvalue weighted by molar-refractivity contribution is -0.147. The summed E-state index contributed by atoms with van der Waals surface area (Å²) < 4.78 is 5.30. The van der Waals surface area contributed by atoms with E-state index in [0.29, 0.717) is 5.56 Å². The van der Waals surface area contributed by atoms with Crippen molar-refractivity contribution in [3.8, 4) is 11.1 Å². The van der Waals surface area contributed by atoms with Crippen molar-refractivity contribution in [3.63, 3.8) is 0 Å². The number of nitrogens with zero attached hydrogens (tertiary/aromatic N) is 1. The van der Waals surface area contributed by atoms with Gasteiger partial charge >= 0.3 is 5.97 Å². The molecule has 4 rings (SSSR count). The summed E-state index contributed by atoms with van der Waals surface area (Å²) in [5.74, 6) is -2.57. The number of imide groups is 1. The second kappa shape index (κ2) is 10.6. The fourth-order valence-corrected chi connectivity index (χ4v) is 4.41. The molecule has 0 fully saturated rings. The molecule has 1 atom stereocenters. The predicted octanol–water partition coefficient (Wildman–Crippen LogP) is 6.10. The lowest BCUT2D eigenvalue weighted by atomic mass is 10.0. The zero-order valence-corrected chi connectivity index (χ0v) is 21.2. The molecule has 0 bridgehead atoms. The van der Waals surface area contributed by atoms with Crippen LogP contribution in [0, 0.1) is 5.92 Å². The van der Waals surface area contributed by atoms with Gasteiger partial charge in [0.25, 0.3) is 11.8 Å². The second-order valence-electron chi connectivity index (χ2n) is 8.91. The number of Topliss-reactive ketones (excluding diaryl/α,β-unsaturated/α-hetero) is 1. The summed E-state index contributed by atoms with van der Waals surface area (Å²) >= 11 is 12.0. The van der Waals surface area contributed by atoms with Crippen LogP contribution < -0.4 is 0 Å². The van der Waals surface area contributed by atoms with Crippen LogP contribution in [0.15, 0.2) is 66.7 Å². The zero-order valence-electron chi connectivity index (χ0n) is 19.7. The molecule has 36 heavy (non-hydrogen) atoms. The average Bonchev–Trinajstić information content (AvgIpc) is 3.10. The van der Waals surface area contributed by atoms with E-state index >= 15 is 0 Å². The van der Waals surface area contributed by atoms with Crippen molar-refractivity contribution in [2.24, 2.45) is 5.92 Å². The Morgan fingerprint density at radius 3 is 1.89 bits per heavy atom. The fraction of sp³-hybridized carbons (Fsp3) is 0.214.